The Morgan fingerprint density at radius 1 is 1.11 bits per heavy atom. The molecule has 0 N–H and O–H groups in total. The van der Waals surface area contributed by atoms with Gasteiger partial charge in [0.15, 0.2) is 0 Å². The average molecular weight is 317 g/mol. The van der Waals surface area contributed by atoms with Crippen LogP contribution in [0.15, 0.2) is 34.8 Å². The first-order valence-corrected chi connectivity index (χ1v) is 7.36. The number of ether oxygens (including phenoxy) is 1. The molecule has 0 aromatic heterocycles. The molecule has 1 heterocycles. The van der Waals surface area contributed by atoms with E-state index in [-0.39, 0.29) is 0 Å². The Labute approximate surface area is 122 Å². The molecule has 1 atom stereocenters. The number of halogens is 1. The van der Waals surface area contributed by atoms with Crippen molar-refractivity contribution >= 4 is 15.9 Å². The van der Waals surface area contributed by atoms with Gasteiger partial charge in [0, 0.05) is 16.0 Å². The number of rotatable bonds is 1. The molecule has 0 aliphatic carbocycles. The fourth-order valence-electron chi connectivity index (χ4n) is 2.93. The summed E-state index contributed by atoms with van der Waals surface area (Å²) >= 11 is 3.55. The van der Waals surface area contributed by atoms with Crippen LogP contribution in [0.25, 0.3) is 0 Å². The lowest BCUT2D eigenvalue weighted by molar-refractivity contribution is 0.341. The largest absolute Gasteiger partial charge is 0.492 e. The van der Waals surface area contributed by atoms with Gasteiger partial charge in [0.1, 0.15) is 5.75 Å². The van der Waals surface area contributed by atoms with Crippen LogP contribution in [0.2, 0.25) is 0 Å². The Morgan fingerprint density at radius 2 is 1.89 bits per heavy atom. The molecule has 1 aliphatic heterocycles. The monoisotopic (exact) mass is 316 g/mol. The van der Waals surface area contributed by atoms with Crippen LogP contribution in [-0.4, -0.2) is 6.61 Å². The second kappa shape index (κ2) is 4.68. The van der Waals surface area contributed by atoms with Gasteiger partial charge in [-0.25, -0.2) is 0 Å². The molecule has 0 fully saturated rings. The number of benzene rings is 2. The van der Waals surface area contributed by atoms with Crippen molar-refractivity contribution in [1.29, 1.82) is 0 Å². The first kappa shape index (κ1) is 12.7. The zero-order valence-corrected chi connectivity index (χ0v) is 13.0. The van der Waals surface area contributed by atoms with E-state index in [0.29, 0.717) is 5.92 Å². The van der Waals surface area contributed by atoms with Gasteiger partial charge < -0.3 is 4.74 Å². The van der Waals surface area contributed by atoms with Gasteiger partial charge in [0.25, 0.3) is 0 Å². The summed E-state index contributed by atoms with van der Waals surface area (Å²) in [5, 5.41) is 0. The maximum Gasteiger partial charge on any atom is 0.126 e. The topological polar surface area (TPSA) is 9.23 Å². The highest BCUT2D eigenvalue weighted by Crippen LogP contribution is 2.43. The van der Waals surface area contributed by atoms with Crippen molar-refractivity contribution in [2.24, 2.45) is 0 Å². The molecule has 1 aliphatic rings. The molecule has 98 valence electrons. The molecule has 2 heteroatoms. The van der Waals surface area contributed by atoms with Crippen molar-refractivity contribution < 1.29 is 4.74 Å². The highest BCUT2D eigenvalue weighted by Gasteiger charge is 2.29. The summed E-state index contributed by atoms with van der Waals surface area (Å²) in [5.74, 6) is 1.45. The third kappa shape index (κ3) is 2.08. The molecule has 0 saturated carbocycles. The summed E-state index contributed by atoms with van der Waals surface area (Å²) in [6, 6.07) is 10.8. The molecule has 19 heavy (non-hydrogen) atoms. The molecule has 0 radical (unpaired) electrons. The summed E-state index contributed by atoms with van der Waals surface area (Å²) < 4.78 is 7.11. The van der Waals surface area contributed by atoms with E-state index in [2.05, 4.69) is 67.0 Å². The number of hydrogen-bond donors (Lipinski definition) is 0. The predicted molar refractivity (Wildman–Crippen MR) is 82.1 cm³/mol. The summed E-state index contributed by atoms with van der Waals surface area (Å²) in [6.07, 6.45) is 0. The molecule has 0 spiro atoms. The summed E-state index contributed by atoms with van der Waals surface area (Å²) in [5.41, 5.74) is 6.60. The van der Waals surface area contributed by atoms with Gasteiger partial charge in [-0.1, -0.05) is 34.1 Å². The molecule has 1 nitrogen and oxygen atoms in total. The zero-order chi connectivity index (χ0) is 13.6. The Hall–Kier alpha value is -1.28. The first-order chi connectivity index (χ1) is 9.08. The number of fused-ring (bicyclic) bond motifs is 1. The SMILES string of the molecule is Cc1cc(C)c2c(c1C)OC[C@H]2c1cccc(Br)c1. The van der Waals surface area contributed by atoms with Gasteiger partial charge in [-0.2, -0.15) is 0 Å². The fraction of sp³-hybridized carbons (Fsp3) is 0.294. The Kier molecular flexibility index (Phi) is 3.14. The van der Waals surface area contributed by atoms with Gasteiger partial charge in [0.2, 0.25) is 0 Å². The van der Waals surface area contributed by atoms with Crippen molar-refractivity contribution in [2.45, 2.75) is 26.7 Å². The van der Waals surface area contributed by atoms with Gasteiger partial charge in [-0.3, -0.25) is 0 Å². The number of aryl methyl sites for hydroxylation is 2. The van der Waals surface area contributed by atoms with Gasteiger partial charge in [0.05, 0.1) is 6.61 Å². The normalized spacial score (nSPS) is 17.2. The van der Waals surface area contributed by atoms with Crippen LogP contribution in [0.3, 0.4) is 0 Å². The maximum atomic E-state index is 5.98. The quantitative estimate of drug-likeness (QED) is 0.727. The average Bonchev–Trinajstić information content (AvgIpc) is 2.81. The second-order valence-electron chi connectivity index (χ2n) is 5.30. The lowest BCUT2D eigenvalue weighted by Gasteiger charge is -2.14. The van der Waals surface area contributed by atoms with E-state index in [4.69, 9.17) is 4.74 Å². The molecule has 3 rings (SSSR count). The lowest BCUT2D eigenvalue weighted by Crippen LogP contribution is -2.03. The third-order valence-electron chi connectivity index (χ3n) is 4.03. The Balaban J connectivity index is 2.15. The van der Waals surface area contributed by atoms with Crippen molar-refractivity contribution in [2.75, 3.05) is 6.61 Å². The molecule has 0 amide bonds. The maximum absolute atomic E-state index is 5.98. The predicted octanol–water partition coefficient (Wildman–Crippen LogP) is 4.90. The minimum Gasteiger partial charge on any atom is -0.492 e. The molecule has 0 unspecified atom stereocenters. The highest BCUT2D eigenvalue weighted by molar-refractivity contribution is 9.10. The van der Waals surface area contributed by atoms with E-state index < -0.39 is 0 Å². The van der Waals surface area contributed by atoms with Crippen LogP contribution in [0.5, 0.6) is 5.75 Å². The minimum atomic E-state index is 0.354. The van der Waals surface area contributed by atoms with Gasteiger partial charge >= 0.3 is 0 Å². The van der Waals surface area contributed by atoms with Crippen molar-refractivity contribution in [3.63, 3.8) is 0 Å². The first-order valence-electron chi connectivity index (χ1n) is 6.57. The molecule has 2 aromatic rings. The molecule has 2 aromatic carbocycles. The molecular weight excluding hydrogens is 300 g/mol. The van der Waals surface area contributed by atoms with E-state index in [1.807, 2.05) is 0 Å². The van der Waals surface area contributed by atoms with Crippen LogP contribution in [0.1, 0.15) is 33.7 Å². The van der Waals surface area contributed by atoms with E-state index in [9.17, 15) is 0 Å². The summed E-state index contributed by atoms with van der Waals surface area (Å²) in [4.78, 5) is 0. The fourth-order valence-corrected chi connectivity index (χ4v) is 3.34. The van der Waals surface area contributed by atoms with E-state index in [1.54, 1.807) is 0 Å². The van der Waals surface area contributed by atoms with Crippen molar-refractivity contribution in [1.82, 2.24) is 0 Å². The summed E-state index contributed by atoms with van der Waals surface area (Å²) in [7, 11) is 0. The van der Waals surface area contributed by atoms with Crippen molar-refractivity contribution in [3.05, 3.63) is 62.6 Å². The number of hydrogen-bond acceptors (Lipinski definition) is 1. The van der Waals surface area contributed by atoms with Crippen LogP contribution >= 0.6 is 15.9 Å². The zero-order valence-electron chi connectivity index (χ0n) is 11.5. The van der Waals surface area contributed by atoms with Crippen LogP contribution < -0.4 is 4.74 Å². The van der Waals surface area contributed by atoms with Crippen LogP contribution in [-0.2, 0) is 0 Å². The standard InChI is InChI=1S/C17H17BrO/c1-10-7-11(2)16-15(9-19-17(16)12(10)3)13-5-4-6-14(18)8-13/h4-8,15H,9H2,1-3H3/t15-/m0/s1. The van der Waals surface area contributed by atoms with E-state index in [0.717, 1.165) is 16.8 Å². The summed E-state index contributed by atoms with van der Waals surface area (Å²) in [6.45, 7) is 7.23. The van der Waals surface area contributed by atoms with Crippen LogP contribution in [0, 0.1) is 20.8 Å². The van der Waals surface area contributed by atoms with Crippen molar-refractivity contribution in [3.8, 4) is 5.75 Å². The molecule has 0 bridgehead atoms. The van der Waals surface area contributed by atoms with E-state index in [1.165, 1.54) is 27.8 Å². The highest BCUT2D eigenvalue weighted by atomic mass is 79.9. The Bertz CT molecular complexity index is 646. The second-order valence-corrected chi connectivity index (χ2v) is 6.21. The van der Waals surface area contributed by atoms with Crippen LogP contribution in [0.4, 0.5) is 0 Å². The third-order valence-corrected chi connectivity index (χ3v) is 4.52. The van der Waals surface area contributed by atoms with E-state index >= 15 is 0 Å². The minimum absolute atomic E-state index is 0.354. The lowest BCUT2D eigenvalue weighted by atomic mass is 9.88. The van der Waals surface area contributed by atoms with Gasteiger partial charge in [-0.05, 0) is 55.2 Å². The smallest absolute Gasteiger partial charge is 0.126 e. The Morgan fingerprint density at radius 3 is 2.63 bits per heavy atom. The molecule has 0 saturated heterocycles. The molecular formula is C17H17BrO. The van der Waals surface area contributed by atoms with Gasteiger partial charge in [-0.15, -0.1) is 0 Å².